The highest BCUT2D eigenvalue weighted by Gasteiger charge is 2.06. The van der Waals surface area contributed by atoms with Gasteiger partial charge in [-0.3, -0.25) is 9.78 Å². The van der Waals surface area contributed by atoms with Crippen LogP contribution in [0.3, 0.4) is 0 Å². The van der Waals surface area contributed by atoms with Crippen molar-refractivity contribution in [3.63, 3.8) is 0 Å². The number of pyridine rings is 1. The Kier molecular flexibility index (Phi) is 5.65. The van der Waals surface area contributed by atoms with E-state index < -0.39 is 0 Å². The van der Waals surface area contributed by atoms with Gasteiger partial charge in [-0.15, -0.1) is 6.58 Å². The topological polar surface area (TPSA) is 54.0 Å². The van der Waals surface area contributed by atoms with Gasteiger partial charge in [-0.05, 0) is 30.2 Å². The zero-order chi connectivity index (χ0) is 15.8. The summed E-state index contributed by atoms with van der Waals surface area (Å²) >= 11 is 0. The number of anilines is 1. The van der Waals surface area contributed by atoms with Crippen LogP contribution in [0, 0.1) is 5.82 Å². The average molecular weight is 299 g/mol. The smallest absolute Gasteiger partial charge is 0.270 e. The number of nitrogens with zero attached hydrogens (tertiary/aromatic N) is 1. The summed E-state index contributed by atoms with van der Waals surface area (Å²) in [4.78, 5) is 15.8. The first-order valence-corrected chi connectivity index (χ1v) is 7.03. The molecule has 0 fully saturated rings. The highest BCUT2D eigenvalue weighted by Crippen LogP contribution is 2.10. The van der Waals surface area contributed by atoms with E-state index in [2.05, 4.69) is 22.2 Å². The van der Waals surface area contributed by atoms with E-state index in [9.17, 15) is 9.18 Å². The normalized spacial score (nSPS) is 10.0. The van der Waals surface area contributed by atoms with Crippen molar-refractivity contribution in [2.75, 3.05) is 18.4 Å². The Morgan fingerprint density at radius 3 is 2.91 bits per heavy atom. The number of aromatic nitrogens is 1. The van der Waals surface area contributed by atoms with Crippen LogP contribution in [-0.4, -0.2) is 24.0 Å². The molecule has 0 radical (unpaired) electrons. The number of carbonyl (C=O) groups excluding carboxylic acids is 1. The molecule has 1 aromatic carbocycles. The molecule has 0 saturated carbocycles. The van der Waals surface area contributed by atoms with Crippen LogP contribution in [0.25, 0.3) is 0 Å². The summed E-state index contributed by atoms with van der Waals surface area (Å²) in [6, 6.07) is 10.1. The van der Waals surface area contributed by atoms with Gasteiger partial charge < -0.3 is 10.6 Å². The van der Waals surface area contributed by atoms with E-state index in [0.717, 1.165) is 5.69 Å². The van der Waals surface area contributed by atoms with E-state index in [1.54, 1.807) is 36.5 Å². The Hall–Kier alpha value is -2.69. The van der Waals surface area contributed by atoms with E-state index in [1.807, 2.05) is 6.07 Å². The fraction of sp³-hybridized carbons (Fsp3) is 0.176. The summed E-state index contributed by atoms with van der Waals surface area (Å²) in [5, 5.41) is 5.83. The van der Waals surface area contributed by atoms with Crippen molar-refractivity contribution in [3.05, 3.63) is 72.3 Å². The third-order valence-corrected chi connectivity index (χ3v) is 3.08. The second-order valence-corrected chi connectivity index (χ2v) is 4.70. The van der Waals surface area contributed by atoms with Crippen LogP contribution in [0.4, 0.5) is 10.1 Å². The Morgan fingerprint density at radius 1 is 1.32 bits per heavy atom. The molecule has 4 nitrogen and oxygen atoms in total. The quantitative estimate of drug-likeness (QED) is 0.773. The van der Waals surface area contributed by atoms with Crippen molar-refractivity contribution < 1.29 is 9.18 Å². The molecule has 1 amide bonds. The molecule has 1 aromatic heterocycles. The fourth-order valence-corrected chi connectivity index (χ4v) is 1.96. The molecule has 2 aromatic rings. The van der Waals surface area contributed by atoms with Gasteiger partial charge in [0, 0.05) is 25.0 Å². The third kappa shape index (κ3) is 4.41. The third-order valence-electron chi connectivity index (χ3n) is 3.08. The van der Waals surface area contributed by atoms with E-state index >= 15 is 0 Å². The molecule has 114 valence electrons. The van der Waals surface area contributed by atoms with Crippen molar-refractivity contribution in [2.45, 2.75) is 6.42 Å². The van der Waals surface area contributed by atoms with Crippen LogP contribution < -0.4 is 10.6 Å². The predicted molar refractivity (Wildman–Crippen MR) is 85.4 cm³/mol. The zero-order valence-electron chi connectivity index (χ0n) is 12.2. The van der Waals surface area contributed by atoms with Crippen molar-refractivity contribution >= 4 is 11.6 Å². The highest BCUT2D eigenvalue weighted by atomic mass is 19.1. The van der Waals surface area contributed by atoms with E-state index in [-0.39, 0.29) is 11.7 Å². The molecule has 0 atom stereocenters. The van der Waals surface area contributed by atoms with Crippen molar-refractivity contribution in [2.24, 2.45) is 0 Å². The molecule has 0 aliphatic rings. The van der Waals surface area contributed by atoms with E-state index in [4.69, 9.17) is 0 Å². The largest absolute Gasteiger partial charge is 0.385 e. The summed E-state index contributed by atoms with van der Waals surface area (Å²) in [6.07, 6.45) is 3.73. The number of halogens is 1. The summed E-state index contributed by atoms with van der Waals surface area (Å²) in [5.41, 5.74) is 1.76. The van der Waals surface area contributed by atoms with E-state index in [1.165, 1.54) is 6.07 Å². The lowest BCUT2D eigenvalue weighted by atomic mass is 10.1. The van der Waals surface area contributed by atoms with Crippen molar-refractivity contribution in [3.8, 4) is 0 Å². The van der Waals surface area contributed by atoms with E-state index in [0.29, 0.717) is 30.8 Å². The van der Waals surface area contributed by atoms with Gasteiger partial charge in [0.2, 0.25) is 0 Å². The molecule has 0 saturated heterocycles. The number of carbonyl (C=O) groups is 1. The van der Waals surface area contributed by atoms with Crippen LogP contribution in [0.15, 0.2) is 55.3 Å². The molecule has 2 N–H and O–H groups in total. The number of benzene rings is 1. The van der Waals surface area contributed by atoms with Crippen LogP contribution in [0.1, 0.15) is 16.1 Å². The molecule has 0 aliphatic heterocycles. The summed E-state index contributed by atoms with van der Waals surface area (Å²) in [5.74, 6) is -0.457. The number of hydrogen-bond donors (Lipinski definition) is 2. The molecular weight excluding hydrogens is 281 g/mol. The number of nitrogens with one attached hydrogen (secondary N) is 2. The standard InChI is InChI=1S/C17H18FN3O/c1-2-9-21-17(22)16-12-14(8-11-20-16)19-10-7-13-5-3-4-6-15(13)18/h2-6,8,11-12H,1,7,9-10H2,(H,19,20)(H,21,22). The number of hydrogen-bond acceptors (Lipinski definition) is 3. The minimum Gasteiger partial charge on any atom is -0.385 e. The first kappa shape index (κ1) is 15.7. The molecule has 2 rings (SSSR count). The molecule has 0 aliphatic carbocycles. The zero-order valence-corrected chi connectivity index (χ0v) is 12.2. The van der Waals surface area contributed by atoms with Gasteiger partial charge in [-0.1, -0.05) is 24.3 Å². The monoisotopic (exact) mass is 299 g/mol. The van der Waals surface area contributed by atoms with Gasteiger partial charge in [0.25, 0.3) is 5.91 Å². The van der Waals surface area contributed by atoms with Crippen molar-refractivity contribution in [1.82, 2.24) is 10.3 Å². The summed E-state index contributed by atoms with van der Waals surface area (Å²) < 4.78 is 13.5. The molecule has 0 unspecified atom stereocenters. The Morgan fingerprint density at radius 2 is 2.14 bits per heavy atom. The number of rotatable bonds is 7. The Bertz CT molecular complexity index is 658. The number of amides is 1. The molecular formula is C17H18FN3O. The second-order valence-electron chi connectivity index (χ2n) is 4.70. The second kappa shape index (κ2) is 7.93. The molecule has 0 bridgehead atoms. The Balaban J connectivity index is 1.92. The lowest BCUT2D eigenvalue weighted by Gasteiger charge is -2.08. The van der Waals surface area contributed by atoms with Crippen LogP contribution >= 0.6 is 0 Å². The van der Waals surface area contributed by atoms with Gasteiger partial charge >= 0.3 is 0 Å². The average Bonchev–Trinajstić information content (AvgIpc) is 2.54. The van der Waals surface area contributed by atoms with Gasteiger partial charge in [-0.25, -0.2) is 4.39 Å². The van der Waals surface area contributed by atoms with Crippen LogP contribution in [-0.2, 0) is 6.42 Å². The predicted octanol–water partition coefficient (Wildman–Crippen LogP) is 2.79. The van der Waals surface area contributed by atoms with Gasteiger partial charge in [0.1, 0.15) is 11.5 Å². The summed E-state index contributed by atoms with van der Waals surface area (Å²) in [7, 11) is 0. The maximum atomic E-state index is 13.5. The lowest BCUT2D eigenvalue weighted by Crippen LogP contribution is -2.24. The summed E-state index contributed by atoms with van der Waals surface area (Å²) in [6.45, 7) is 4.50. The Labute approximate surface area is 129 Å². The molecule has 1 heterocycles. The fourth-order valence-electron chi connectivity index (χ4n) is 1.96. The minimum absolute atomic E-state index is 0.205. The molecule has 0 spiro atoms. The van der Waals surface area contributed by atoms with Gasteiger partial charge in [0.15, 0.2) is 0 Å². The van der Waals surface area contributed by atoms with Gasteiger partial charge in [0.05, 0.1) is 0 Å². The molecule has 22 heavy (non-hydrogen) atoms. The SMILES string of the molecule is C=CCNC(=O)c1cc(NCCc2ccccc2F)ccn1. The highest BCUT2D eigenvalue weighted by molar-refractivity contribution is 5.93. The first-order valence-electron chi connectivity index (χ1n) is 7.03. The van der Waals surface area contributed by atoms with Crippen LogP contribution in [0.5, 0.6) is 0 Å². The van der Waals surface area contributed by atoms with Crippen molar-refractivity contribution in [1.29, 1.82) is 0 Å². The maximum Gasteiger partial charge on any atom is 0.270 e. The minimum atomic E-state index is -0.252. The maximum absolute atomic E-state index is 13.5. The van der Waals surface area contributed by atoms with Crippen LogP contribution in [0.2, 0.25) is 0 Å². The van der Waals surface area contributed by atoms with Gasteiger partial charge in [-0.2, -0.15) is 0 Å². The molecule has 5 heteroatoms. The lowest BCUT2D eigenvalue weighted by molar-refractivity contribution is 0.0953. The first-order chi connectivity index (χ1) is 10.7.